The van der Waals surface area contributed by atoms with Crippen LogP contribution in [0.3, 0.4) is 0 Å². The van der Waals surface area contributed by atoms with E-state index in [0.717, 1.165) is 45.2 Å². The lowest BCUT2D eigenvalue weighted by Crippen LogP contribution is -2.52. The second-order valence-corrected chi connectivity index (χ2v) is 8.86. The molecule has 4 rings (SSSR count). The summed E-state index contributed by atoms with van der Waals surface area (Å²) in [5, 5.41) is 8.34. The van der Waals surface area contributed by atoms with Crippen LogP contribution in [0.15, 0.2) is 6.20 Å². The summed E-state index contributed by atoms with van der Waals surface area (Å²) in [6.07, 6.45) is 12.0. The predicted octanol–water partition coefficient (Wildman–Crippen LogP) is 2.50. The van der Waals surface area contributed by atoms with Crippen LogP contribution in [-0.4, -0.2) is 63.8 Å². The second-order valence-electron chi connectivity index (χ2n) is 8.86. The Morgan fingerprint density at radius 3 is 2.37 bits per heavy atom. The molecule has 148 valence electrons. The first-order valence-electron chi connectivity index (χ1n) is 10.4. The van der Waals surface area contributed by atoms with Crippen molar-refractivity contribution in [3.8, 4) is 0 Å². The number of carbonyl (C=O) groups excluding carboxylic acids is 2. The first kappa shape index (κ1) is 18.4. The molecule has 1 unspecified atom stereocenters. The van der Waals surface area contributed by atoms with Gasteiger partial charge in [-0.1, -0.05) is 24.5 Å². The van der Waals surface area contributed by atoms with Crippen LogP contribution in [0.2, 0.25) is 0 Å². The largest absolute Gasteiger partial charge is 0.343 e. The summed E-state index contributed by atoms with van der Waals surface area (Å²) in [5.74, 6) is 0.544. The van der Waals surface area contributed by atoms with Gasteiger partial charge in [-0.05, 0) is 43.9 Å². The number of rotatable bonds is 3. The molecule has 2 saturated carbocycles. The van der Waals surface area contributed by atoms with Gasteiger partial charge < -0.3 is 9.80 Å². The fourth-order valence-corrected chi connectivity index (χ4v) is 5.21. The van der Waals surface area contributed by atoms with Crippen molar-refractivity contribution < 1.29 is 9.59 Å². The van der Waals surface area contributed by atoms with E-state index in [0.29, 0.717) is 17.6 Å². The van der Waals surface area contributed by atoms with Crippen LogP contribution in [0.5, 0.6) is 0 Å². The van der Waals surface area contributed by atoms with Gasteiger partial charge in [0.1, 0.15) is 0 Å². The number of nitrogens with zero attached hydrogens (tertiary/aromatic N) is 5. The number of hydrogen-bond donors (Lipinski definition) is 0. The predicted molar refractivity (Wildman–Crippen MR) is 101 cm³/mol. The van der Waals surface area contributed by atoms with Gasteiger partial charge in [0.15, 0.2) is 5.69 Å². The third kappa shape index (κ3) is 3.36. The molecule has 2 aliphatic carbocycles. The first-order valence-corrected chi connectivity index (χ1v) is 10.4. The zero-order valence-corrected chi connectivity index (χ0v) is 16.6. The third-order valence-corrected chi connectivity index (χ3v) is 7.10. The molecule has 2 amide bonds. The van der Waals surface area contributed by atoms with Gasteiger partial charge in [0, 0.05) is 33.1 Å². The molecule has 1 aromatic rings. The van der Waals surface area contributed by atoms with Gasteiger partial charge >= 0.3 is 0 Å². The standard InChI is InChI=1S/C20H31N5O2/c1-23(2)19(27)16-14-25(22-21-16)17-8-9-20(17)10-12-24(13-11-20)18(26)15-6-4-3-5-7-15/h14-15,17H,3-13H2,1-2H3. The van der Waals surface area contributed by atoms with Crippen molar-refractivity contribution >= 4 is 11.8 Å². The van der Waals surface area contributed by atoms with Crippen molar-refractivity contribution in [2.24, 2.45) is 11.3 Å². The van der Waals surface area contributed by atoms with Crippen molar-refractivity contribution in [3.63, 3.8) is 0 Å². The Bertz CT molecular complexity index is 699. The maximum absolute atomic E-state index is 12.8. The molecule has 0 aromatic carbocycles. The molecule has 1 atom stereocenters. The highest BCUT2D eigenvalue weighted by Crippen LogP contribution is 2.56. The normalized spacial score (nSPS) is 25.3. The lowest BCUT2D eigenvalue weighted by molar-refractivity contribution is -0.141. The van der Waals surface area contributed by atoms with Gasteiger partial charge in [-0.15, -0.1) is 5.10 Å². The molecule has 1 saturated heterocycles. The summed E-state index contributed by atoms with van der Waals surface area (Å²) >= 11 is 0. The molecule has 0 N–H and O–H groups in total. The Labute approximate surface area is 161 Å². The van der Waals surface area contributed by atoms with Crippen LogP contribution in [0.25, 0.3) is 0 Å². The molecule has 0 radical (unpaired) electrons. The van der Waals surface area contributed by atoms with Crippen molar-refractivity contribution in [3.05, 3.63) is 11.9 Å². The van der Waals surface area contributed by atoms with E-state index in [4.69, 9.17) is 0 Å². The van der Waals surface area contributed by atoms with Crippen molar-refractivity contribution in [2.45, 2.75) is 63.8 Å². The molecule has 7 heteroatoms. The highest BCUT2D eigenvalue weighted by atomic mass is 16.2. The Balaban J connectivity index is 1.38. The maximum atomic E-state index is 12.8. The number of amides is 2. The monoisotopic (exact) mass is 373 g/mol. The smallest absolute Gasteiger partial charge is 0.275 e. The number of hydrogen-bond acceptors (Lipinski definition) is 4. The van der Waals surface area contributed by atoms with Crippen LogP contribution in [0, 0.1) is 11.3 Å². The van der Waals surface area contributed by atoms with Crippen LogP contribution in [0.4, 0.5) is 0 Å². The fraction of sp³-hybridized carbons (Fsp3) is 0.800. The van der Waals surface area contributed by atoms with Gasteiger partial charge in [-0.25, -0.2) is 4.68 Å². The Kier molecular flexibility index (Phi) is 4.95. The number of piperidine rings is 1. The van der Waals surface area contributed by atoms with E-state index in [1.165, 1.54) is 30.6 Å². The highest BCUT2D eigenvalue weighted by molar-refractivity contribution is 5.91. The van der Waals surface area contributed by atoms with Crippen molar-refractivity contribution in [2.75, 3.05) is 27.2 Å². The Morgan fingerprint density at radius 2 is 1.78 bits per heavy atom. The van der Waals surface area contributed by atoms with E-state index in [1.807, 2.05) is 4.68 Å². The van der Waals surface area contributed by atoms with Gasteiger partial charge in [0.2, 0.25) is 5.91 Å². The molecule has 1 aromatic heterocycles. The molecular formula is C20H31N5O2. The molecule has 27 heavy (non-hydrogen) atoms. The first-order chi connectivity index (χ1) is 13.0. The molecule has 1 aliphatic heterocycles. The molecule has 0 bridgehead atoms. The van der Waals surface area contributed by atoms with E-state index < -0.39 is 0 Å². The average molecular weight is 374 g/mol. The molecule has 3 aliphatic rings. The van der Waals surface area contributed by atoms with E-state index >= 15 is 0 Å². The number of aromatic nitrogens is 3. The van der Waals surface area contributed by atoms with Gasteiger partial charge in [-0.3, -0.25) is 9.59 Å². The summed E-state index contributed by atoms with van der Waals surface area (Å²) < 4.78 is 1.90. The minimum atomic E-state index is -0.109. The quantitative estimate of drug-likeness (QED) is 0.816. The molecule has 3 fully saturated rings. The Hall–Kier alpha value is -1.92. The van der Waals surface area contributed by atoms with Gasteiger partial charge in [0.05, 0.1) is 12.2 Å². The fourth-order valence-electron chi connectivity index (χ4n) is 5.21. The summed E-state index contributed by atoms with van der Waals surface area (Å²) in [6.45, 7) is 1.73. The summed E-state index contributed by atoms with van der Waals surface area (Å²) in [7, 11) is 3.45. The SMILES string of the molecule is CN(C)C(=O)c1cn(C2CCC23CCN(C(=O)C2CCCCC2)CC3)nn1. The van der Waals surface area contributed by atoms with Gasteiger partial charge in [-0.2, -0.15) is 0 Å². The molecular weight excluding hydrogens is 342 g/mol. The summed E-state index contributed by atoms with van der Waals surface area (Å²) in [6, 6.07) is 0.306. The lowest BCUT2D eigenvalue weighted by Gasteiger charge is -2.53. The summed E-state index contributed by atoms with van der Waals surface area (Å²) in [5.41, 5.74) is 0.627. The zero-order chi connectivity index (χ0) is 19.0. The third-order valence-electron chi connectivity index (χ3n) is 7.10. The maximum Gasteiger partial charge on any atom is 0.275 e. The van der Waals surface area contributed by atoms with Crippen LogP contribution >= 0.6 is 0 Å². The average Bonchev–Trinajstić information content (AvgIpc) is 3.15. The van der Waals surface area contributed by atoms with Crippen molar-refractivity contribution in [1.29, 1.82) is 0 Å². The van der Waals surface area contributed by atoms with E-state index in [2.05, 4.69) is 15.2 Å². The number of likely N-dealkylation sites (tertiary alicyclic amines) is 1. The van der Waals surface area contributed by atoms with Crippen molar-refractivity contribution in [1.82, 2.24) is 24.8 Å². The van der Waals surface area contributed by atoms with Crippen LogP contribution in [0.1, 0.15) is 74.3 Å². The van der Waals surface area contributed by atoms with E-state index in [1.54, 1.807) is 20.3 Å². The Morgan fingerprint density at radius 1 is 1.07 bits per heavy atom. The second kappa shape index (κ2) is 7.24. The van der Waals surface area contributed by atoms with Crippen LogP contribution < -0.4 is 0 Å². The van der Waals surface area contributed by atoms with Gasteiger partial charge in [0.25, 0.3) is 5.91 Å². The zero-order valence-electron chi connectivity index (χ0n) is 16.6. The lowest BCUT2D eigenvalue weighted by atomic mass is 9.59. The minimum Gasteiger partial charge on any atom is -0.343 e. The molecule has 2 heterocycles. The minimum absolute atomic E-state index is 0.109. The van der Waals surface area contributed by atoms with E-state index in [9.17, 15) is 9.59 Å². The van der Waals surface area contributed by atoms with Crippen LogP contribution in [-0.2, 0) is 4.79 Å². The highest BCUT2D eigenvalue weighted by Gasteiger charge is 2.50. The molecule has 1 spiro atoms. The molecule has 7 nitrogen and oxygen atoms in total. The van der Waals surface area contributed by atoms with E-state index in [-0.39, 0.29) is 17.2 Å². The topological polar surface area (TPSA) is 71.3 Å². The summed E-state index contributed by atoms with van der Waals surface area (Å²) in [4.78, 5) is 28.5. The number of carbonyl (C=O) groups is 2.